The molecule has 1 atom stereocenters. The van der Waals surface area contributed by atoms with E-state index in [1.807, 2.05) is 0 Å². The van der Waals surface area contributed by atoms with E-state index >= 15 is 0 Å². The summed E-state index contributed by atoms with van der Waals surface area (Å²) in [6, 6.07) is 2.95. The first-order valence-corrected chi connectivity index (χ1v) is 5.02. The third kappa shape index (κ3) is 2.51. The molecular weight excluding hydrogens is 211 g/mol. The summed E-state index contributed by atoms with van der Waals surface area (Å²) in [6.07, 6.45) is 0.131. The van der Waals surface area contributed by atoms with Crippen molar-refractivity contribution in [3.05, 3.63) is 29.1 Å². The number of methoxy groups -OCH3 is 1. The number of halogens is 1. The minimum Gasteiger partial charge on any atom is -0.496 e. The molecule has 0 aromatic heterocycles. The van der Waals surface area contributed by atoms with Crippen molar-refractivity contribution in [1.29, 1.82) is 0 Å². The Balaban J connectivity index is 3.11. The average Bonchev–Trinajstić information content (AvgIpc) is 2.23. The highest BCUT2D eigenvalue weighted by atomic mass is 19.1. The van der Waals surface area contributed by atoms with Gasteiger partial charge in [-0.25, -0.2) is 4.39 Å². The zero-order valence-electron chi connectivity index (χ0n) is 9.58. The smallest absolute Gasteiger partial charge is 0.306 e. The zero-order valence-corrected chi connectivity index (χ0v) is 9.58. The van der Waals surface area contributed by atoms with Crippen LogP contribution in [0.3, 0.4) is 0 Å². The van der Waals surface area contributed by atoms with Crippen LogP contribution in [0.4, 0.5) is 4.39 Å². The number of hydrogen-bond donors (Lipinski definition) is 1. The SMILES string of the molecule is COc1c(C)ccc(F)c1CC(C)C(=O)O. The van der Waals surface area contributed by atoms with E-state index < -0.39 is 17.7 Å². The number of carboxylic acid groups (broad SMARTS) is 1. The number of ether oxygens (including phenoxy) is 1. The van der Waals surface area contributed by atoms with Crippen molar-refractivity contribution in [2.75, 3.05) is 7.11 Å². The van der Waals surface area contributed by atoms with Crippen LogP contribution in [0.1, 0.15) is 18.1 Å². The molecule has 1 aromatic carbocycles. The van der Waals surface area contributed by atoms with Crippen LogP contribution in [-0.4, -0.2) is 18.2 Å². The molecule has 0 heterocycles. The lowest BCUT2D eigenvalue weighted by molar-refractivity contribution is -0.141. The number of carboxylic acids is 1. The van der Waals surface area contributed by atoms with E-state index in [4.69, 9.17) is 9.84 Å². The molecule has 1 N–H and O–H groups in total. The number of rotatable bonds is 4. The van der Waals surface area contributed by atoms with Crippen molar-refractivity contribution >= 4 is 5.97 Å². The van der Waals surface area contributed by atoms with Crippen molar-refractivity contribution in [2.24, 2.45) is 5.92 Å². The summed E-state index contributed by atoms with van der Waals surface area (Å²) in [7, 11) is 1.46. The van der Waals surface area contributed by atoms with Crippen LogP contribution >= 0.6 is 0 Å². The molecule has 0 aliphatic carbocycles. The van der Waals surface area contributed by atoms with E-state index in [1.165, 1.54) is 13.2 Å². The Labute approximate surface area is 93.9 Å². The van der Waals surface area contributed by atoms with Crippen molar-refractivity contribution in [1.82, 2.24) is 0 Å². The lowest BCUT2D eigenvalue weighted by Gasteiger charge is -2.14. The first-order valence-electron chi connectivity index (χ1n) is 5.02. The first-order chi connectivity index (χ1) is 7.47. The third-order valence-corrected chi connectivity index (χ3v) is 2.54. The Kier molecular flexibility index (Phi) is 3.88. The molecule has 0 aliphatic rings. The second-order valence-electron chi connectivity index (χ2n) is 3.82. The van der Waals surface area contributed by atoms with Crippen LogP contribution < -0.4 is 4.74 Å². The van der Waals surface area contributed by atoms with E-state index in [0.29, 0.717) is 11.3 Å². The topological polar surface area (TPSA) is 46.5 Å². The summed E-state index contributed by atoms with van der Waals surface area (Å²) in [5.41, 5.74) is 1.13. The number of hydrogen-bond acceptors (Lipinski definition) is 2. The Bertz CT molecular complexity index is 401. The standard InChI is InChI=1S/C12H15FO3/c1-7-4-5-10(13)9(11(7)16-3)6-8(2)12(14)15/h4-5,8H,6H2,1-3H3,(H,14,15). The molecule has 16 heavy (non-hydrogen) atoms. The predicted molar refractivity (Wildman–Crippen MR) is 58.2 cm³/mol. The molecule has 4 heteroatoms. The normalized spacial score (nSPS) is 12.2. The summed E-state index contributed by atoms with van der Waals surface area (Å²) in [6.45, 7) is 3.34. The molecule has 1 aromatic rings. The van der Waals surface area contributed by atoms with Gasteiger partial charge in [-0.2, -0.15) is 0 Å². The molecule has 0 fully saturated rings. The highest BCUT2D eigenvalue weighted by Gasteiger charge is 2.18. The lowest BCUT2D eigenvalue weighted by Crippen LogP contribution is -2.14. The minimum absolute atomic E-state index is 0.131. The molecule has 1 unspecified atom stereocenters. The van der Waals surface area contributed by atoms with Gasteiger partial charge in [-0.15, -0.1) is 0 Å². The molecule has 0 saturated heterocycles. The fraction of sp³-hybridized carbons (Fsp3) is 0.417. The van der Waals surface area contributed by atoms with Crippen LogP contribution in [0.5, 0.6) is 5.75 Å². The van der Waals surface area contributed by atoms with E-state index in [2.05, 4.69) is 0 Å². The Hall–Kier alpha value is -1.58. The second-order valence-corrected chi connectivity index (χ2v) is 3.82. The van der Waals surface area contributed by atoms with Gasteiger partial charge in [-0.05, 0) is 25.0 Å². The van der Waals surface area contributed by atoms with Gasteiger partial charge in [0.05, 0.1) is 13.0 Å². The zero-order chi connectivity index (χ0) is 12.3. The molecule has 88 valence electrons. The van der Waals surface area contributed by atoms with Crippen molar-refractivity contribution in [3.8, 4) is 5.75 Å². The molecule has 0 saturated carbocycles. The van der Waals surface area contributed by atoms with Crippen LogP contribution in [0, 0.1) is 18.7 Å². The maximum atomic E-state index is 13.6. The number of aryl methyl sites for hydroxylation is 1. The van der Waals surface area contributed by atoms with Gasteiger partial charge in [0.2, 0.25) is 0 Å². The highest BCUT2D eigenvalue weighted by molar-refractivity contribution is 5.70. The van der Waals surface area contributed by atoms with Crippen LogP contribution in [0.25, 0.3) is 0 Å². The van der Waals surface area contributed by atoms with E-state index in [0.717, 1.165) is 5.56 Å². The van der Waals surface area contributed by atoms with Gasteiger partial charge in [0, 0.05) is 5.56 Å². The summed E-state index contributed by atoms with van der Waals surface area (Å²) in [5, 5.41) is 8.80. The average molecular weight is 226 g/mol. The maximum Gasteiger partial charge on any atom is 0.306 e. The van der Waals surface area contributed by atoms with Crippen molar-refractivity contribution in [3.63, 3.8) is 0 Å². The van der Waals surface area contributed by atoms with E-state index in [-0.39, 0.29) is 6.42 Å². The number of aliphatic carboxylic acids is 1. The van der Waals surface area contributed by atoms with Gasteiger partial charge in [0.25, 0.3) is 0 Å². The molecule has 0 radical (unpaired) electrons. The first kappa shape index (κ1) is 12.5. The molecule has 0 bridgehead atoms. The molecule has 0 aliphatic heterocycles. The second kappa shape index (κ2) is 4.96. The fourth-order valence-corrected chi connectivity index (χ4v) is 1.59. The predicted octanol–water partition coefficient (Wildman–Crippen LogP) is 2.41. The van der Waals surface area contributed by atoms with Crippen LogP contribution in [0.15, 0.2) is 12.1 Å². The molecule has 0 amide bonds. The highest BCUT2D eigenvalue weighted by Crippen LogP contribution is 2.28. The summed E-state index contributed by atoms with van der Waals surface area (Å²) < 4.78 is 18.7. The van der Waals surface area contributed by atoms with Crippen LogP contribution in [-0.2, 0) is 11.2 Å². The van der Waals surface area contributed by atoms with Crippen LogP contribution in [0.2, 0.25) is 0 Å². The van der Waals surface area contributed by atoms with Gasteiger partial charge in [0.1, 0.15) is 11.6 Å². The maximum absolute atomic E-state index is 13.6. The lowest BCUT2D eigenvalue weighted by atomic mass is 9.98. The molecular formula is C12H15FO3. The Morgan fingerprint density at radius 3 is 2.69 bits per heavy atom. The van der Waals surface area contributed by atoms with Gasteiger partial charge < -0.3 is 9.84 Å². The monoisotopic (exact) mass is 226 g/mol. The third-order valence-electron chi connectivity index (χ3n) is 2.54. The van der Waals surface area contributed by atoms with Gasteiger partial charge >= 0.3 is 5.97 Å². The fourth-order valence-electron chi connectivity index (χ4n) is 1.59. The molecule has 1 rings (SSSR count). The summed E-state index contributed by atoms with van der Waals surface area (Å²) in [4.78, 5) is 10.7. The van der Waals surface area contributed by atoms with E-state index in [1.54, 1.807) is 19.9 Å². The van der Waals surface area contributed by atoms with Gasteiger partial charge in [0.15, 0.2) is 0 Å². The van der Waals surface area contributed by atoms with Crippen molar-refractivity contribution in [2.45, 2.75) is 20.3 Å². The largest absolute Gasteiger partial charge is 0.496 e. The Morgan fingerprint density at radius 2 is 2.19 bits per heavy atom. The quantitative estimate of drug-likeness (QED) is 0.857. The number of carbonyl (C=O) groups is 1. The molecule has 3 nitrogen and oxygen atoms in total. The summed E-state index contributed by atoms with van der Waals surface area (Å²) in [5.74, 6) is -1.56. The van der Waals surface area contributed by atoms with Crippen molar-refractivity contribution < 1.29 is 19.0 Å². The van der Waals surface area contributed by atoms with E-state index in [9.17, 15) is 9.18 Å². The Morgan fingerprint density at radius 1 is 1.56 bits per heavy atom. The minimum atomic E-state index is -0.942. The summed E-state index contributed by atoms with van der Waals surface area (Å²) >= 11 is 0. The molecule has 0 spiro atoms. The van der Waals surface area contributed by atoms with Gasteiger partial charge in [-0.1, -0.05) is 13.0 Å². The number of benzene rings is 1. The van der Waals surface area contributed by atoms with Gasteiger partial charge in [-0.3, -0.25) is 4.79 Å².